The zero-order valence-electron chi connectivity index (χ0n) is 8.54. The number of rotatable bonds is 1. The van der Waals surface area contributed by atoms with Gasteiger partial charge in [-0.2, -0.15) is 0 Å². The fourth-order valence-corrected chi connectivity index (χ4v) is 1.76. The molecule has 3 rings (SSSR count). The van der Waals surface area contributed by atoms with Crippen LogP contribution in [0.15, 0.2) is 55.1 Å². The van der Waals surface area contributed by atoms with Crippen LogP contribution in [0.4, 0.5) is 0 Å². The van der Waals surface area contributed by atoms with Crippen LogP contribution in [0.1, 0.15) is 0 Å². The highest BCUT2D eigenvalue weighted by Crippen LogP contribution is 2.24. The average Bonchev–Trinajstić information content (AvgIpc) is 2.39. The predicted octanol–water partition coefficient (Wildman–Crippen LogP) is 2.69. The van der Waals surface area contributed by atoms with Crippen LogP contribution >= 0.6 is 0 Å². The predicted molar refractivity (Wildman–Crippen MR) is 62.8 cm³/mol. The first kappa shape index (κ1) is 8.97. The Morgan fingerprint density at radius 3 is 2.69 bits per heavy atom. The van der Waals surface area contributed by atoms with Crippen molar-refractivity contribution in [2.45, 2.75) is 0 Å². The van der Waals surface area contributed by atoms with Gasteiger partial charge in [0, 0.05) is 29.5 Å². The normalized spacial score (nSPS) is 10.5. The molecule has 3 heteroatoms. The Hall–Kier alpha value is -2.29. The van der Waals surface area contributed by atoms with Crippen LogP contribution in [-0.4, -0.2) is 15.0 Å². The molecule has 3 nitrogen and oxygen atoms in total. The van der Waals surface area contributed by atoms with Gasteiger partial charge in [-0.1, -0.05) is 18.2 Å². The number of fused-ring (bicyclic) bond motifs is 1. The van der Waals surface area contributed by atoms with Gasteiger partial charge in [0.2, 0.25) is 0 Å². The van der Waals surface area contributed by atoms with Crippen molar-refractivity contribution >= 4 is 10.9 Å². The minimum absolute atomic E-state index is 0.876. The zero-order chi connectivity index (χ0) is 10.8. The highest BCUT2D eigenvalue weighted by Gasteiger charge is 2.04. The number of hydrogen-bond donors (Lipinski definition) is 0. The van der Waals surface area contributed by atoms with Gasteiger partial charge in [0.25, 0.3) is 0 Å². The Balaban J connectivity index is 2.32. The van der Waals surface area contributed by atoms with Crippen molar-refractivity contribution in [2.75, 3.05) is 0 Å². The maximum absolute atomic E-state index is 4.32. The summed E-state index contributed by atoms with van der Waals surface area (Å²) >= 11 is 0. The first-order valence-electron chi connectivity index (χ1n) is 5.05. The van der Waals surface area contributed by atoms with Gasteiger partial charge in [0.15, 0.2) is 0 Å². The molecule has 0 unspecified atom stereocenters. The molecule has 16 heavy (non-hydrogen) atoms. The summed E-state index contributed by atoms with van der Waals surface area (Å²) in [7, 11) is 0. The van der Waals surface area contributed by atoms with Crippen molar-refractivity contribution in [1.29, 1.82) is 0 Å². The summed E-state index contributed by atoms with van der Waals surface area (Å²) in [5.74, 6) is 0. The van der Waals surface area contributed by atoms with Crippen LogP contribution in [0.3, 0.4) is 0 Å². The van der Waals surface area contributed by atoms with E-state index in [2.05, 4.69) is 15.0 Å². The largest absolute Gasteiger partial charge is 0.261 e. The van der Waals surface area contributed by atoms with E-state index in [0.717, 1.165) is 22.2 Å². The fraction of sp³-hybridized carbons (Fsp3) is 0. The number of aromatic nitrogens is 3. The van der Waals surface area contributed by atoms with Gasteiger partial charge in [-0.25, -0.2) is 0 Å². The summed E-state index contributed by atoms with van der Waals surface area (Å²) in [6, 6.07) is 10.00. The lowest BCUT2D eigenvalue weighted by Crippen LogP contribution is -1.86. The van der Waals surface area contributed by atoms with Crippen LogP contribution in [0.25, 0.3) is 22.2 Å². The minimum Gasteiger partial charge on any atom is -0.261 e. The highest BCUT2D eigenvalue weighted by atomic mass is 14.8. The highest BCUT2D eigenvalue weighted by molar-refractivity contribution is 5.93. The van der Waals surface area contributed by atoms with Crippen molar-refractivity contribution in [1.82, 2.24) is 15.0 Å². The number of nitrogens with zero attached hydrogens (tertiary/aromatic N) is 3. The molecule has 1 aromatic carbocycles. The number of hydrogen-bond acceptors (Lipinski definition) is 3. The second-order valence-corrected chi connectivity index (χ2v) is 3.47. The molecule has 0 saturated heterocycles. The lowest BCUT2D eigenvalue weighted by molar-refractivity contribution is 1.21. The molecule has 0 saturated carbocycles. The Kier molecular flexibility index (Phi) is 2.07. The molecular formula is C13H9N3. The number of pyridine rings is 1. The summed E-state index contributed by atoms with van der Waals surface area (Å²) in [5.41, 5.74) is 2.92. The van der Waals surface area contributed by atoms with Crippen LogP contribution < -0.4 is 0 Å². The van der Waals surface area contributed by atoms with Gasteiger partial charge in [-0.15, -0.1) is 0 Å². The third-order valence-electron chi connectivity index (χ3n) is 2.48. The van der Waals surface area contributed by atoms with E-state index in [0.29, 0.717) is 0 Å². The Labute approximate surface area is 92.8 Å². The quantitative estimate of drug-likeness (QED) is 0.615. The van der Waals surface area contributed by atoms with Crippen molar-refractivity contribution in [3.05, 3.63) is 55.1 Å². The molecule has 0 amide bonds. The van der Waals surface area contributed by atoms with Crippen molar-refractivity contribution in [3.63, 3.8) is 0 Å². The molecule has 0 aliphatic heterocycles. The fourth-order valence-electron chi connectivity index (χ4n) is 1.76. The molecule has 0 spiro atoms. The van der Waals surface area contributed by atoms with Gasteiger partial charge in [0.1, 0.15) is 0 Å². The van der Waals surface area contributed by atoms with E-state index >= 15 is 0 Å². The van der Waals surface area contributed by atoms with Crippen LogP contribution in [0, 0.1) is 0 Å². The topological polar surface area (TPSA) is 38.7 Å². The molecule has 0 fully saturated rings. The number of benzene rings is 1. The first-order chi connectivity index (χ1) is 7.95. The maximum Gasteiger partial charge on any atom is 0.0891 e. The van der Waals surface area contributed by atoms with E-state index in [1.54, 1.807) is 24.8 Å². The monoisotopic (exact) mass is 207 g/mol. The van der Waals surface area contributed by atoms with Gasteiger partial charge >= 0.3 is 0 Å². The Morgan fingerprint density at radius 1 is 0.812 bits per heavy atom. The minimum atomic E-state index is 0.876. The van der Waals surface area contributed by atoms with Gasteiger partial charge < -0.3 is 0 Å². The van der Waals surface area contributed by atoms with Crippen LogP contribution in [0.2, 0.25) is 0 Å². The Morgan fingerprint density at radius 2 is 1.81 bits per heavy atom. The second-order valence-electron chi connectivity index (χ2n) is 3.47. The molecule has 0 atom stereocenters. The van der Waals surface area contributed by atoms with Gasteiger partial charge in [0.05, 0.1) is 17.4 Å². The zero-order valence-corrected chi connectivity index (χ0v) is 8.54. The standard InChI is InChI=1S/C13H9N3/c1-3-11(13-9-14-7-8-16-13)10-4-2-6-15-12(10)5-1/h1-9H. The molecule has 0 aliphatic rings. The van der Waals surface area contributed by atoms with E-state index in [1.165, 1.54) is 0 Å². The third kappa shape index (κ3) is 1.42. The van der Waals surface area contributed by atoms with Crippen molar-refractivity contribution in [2.24, 2.45) is 0 Å². The van der Waals surface area contributed by atoms with Crippen molar-refractivity contribution < 1.29 is 0 Å². The second kappa shape index (κ2) is 3.70. The molecule has 0 bridgehead atoms. The smallest absolute Gasteiger partial charge is 0.0891 e. The van der Waals surface area contributed by atoms with E-state index in [1.807, 2.05) is 30.3 Å². The summed E-state index contributed by atoms with van der Waals surface area (Å²) in [6.07, 6.45) is 6.93. The molecule has 0 radical (unpaired) electrons. The molecule has 2 heterocycles. The van der Waals surface area contributed by atoms with Gasteiger partial charge in [-0.05, 0) is 12.1 Å². The summed E-state index contributed by atoms with van der Waals surface area (Å²) in [6.45, 7) is 0. The summed E-state index contributed by atoms with van der Waals surface area (Å²) < 4.78 is 0. The third-order valence-corrected chi connectivity index (χ3v) is 2.48. The van der Waals surface area contributed by atoms with E-state index < -0.39 is 0 Å². The van der Waals surface area contributed by atoms with E-state index in [-0.39, 0.29) is 0 Å². The van der Waals surface area contributed by atoms with Gasteiger partial charge in [-0.3, -0.25) is 15.0 Å². The lowest BCUT2D eigenvalue weighted by atomic mass is 10.1. The molecule has 0 aliphatic carbocycles. The molecule has 76 valence electrons. The maximum atomic E-state index is 4.32. The summed E-state index contributed by atoms with van der Waals surface area (Å²) in [5, 5.41) is 1.10. The van der Waals surface area contributed by atoms with Crippen molar-refractivity contribution in [3.8, 4) is 11.3 Å². The average molecular weight is 207 g/mol. The molecule has 3 aromatic rings. The van der Waals surface area contributed by atoms with E-state index in [9.17, 15) is 0 Å². The molecule has 0 N–H and O–H groups in total. The summed E-state index contributed by atoms with van der Waals surface area (Å²) in [4.78, 5) is 12.7. The SMILES string of the molecule is c1cc(-c2cnccn2)c2cccnc2c1. The molecule has 2 aromatic heterocycles. The van der Waals surface area contributed by atoms with Crippen LogP contribution in [-0.2, 0) is 0 Å². The van der Waals surface area contributed by atoms with Crippen LogP contribution in [0.5, 0.6) is 0 Å². The van der Waals surface area contributed by atoms with E-state index in [4.69, 9.17) is 0 Å². The Bertz CT molecular complexity index is 615. The molecular weight excluding hydrogens is 198 g/mol. The first-order valence-corrected chi connectivity index (χ1v) is 5.05. The lowest BCUT2D eigenvalue weighted by Gasteiger charge is -2.04.